The Bertz CT molecular complexity index is 344. The van der Waals surface area contributed by atoms with E-state index in [2.05, 4.69) is 4.74 Å². The van der Waals surface area contributed by atoms with E-state index in [9.17, 15) is 9.59 Å². The second-order valence-electron chi connectivity index (χ2n) is 6.51. The molecule has 116 valence electrons. The molecule has 0 aliphatic heterocycles. The van der Waals surface area contributed by atoms with Gasteiger partial charge in [0.25, 0.3) is 0 Å². The van der Waals surface area contributed by atoms with E-state index in [1.165, 1.54) is 0 Å². The van der Waals surface area contributed by atoms with Gasteiger partial charge in [-0.25, -0.2) is 9.59 Å². The quantitative estimate of drug-likeness (QED) is 0.604. The predicted octanol–water partition coefficient (Wildman–Crippen LogP) is 1.70. The van der Waals surface area contributed by atoms with Crippen LogP contribution in [0.15, 0.2) is 0 Å². The van der Waals surface area contributed by atoms with Gasteiger partial charge in [-0.3, -0.25) is 0 Å². The fraction of sp³-hybridized carbons (Fsp3) is 0.857. The molecule has 0 aromatic rings. The molecule has 0 heterocycles. The van der Waals surface area contributed by atoms with Gasteiger partial charge in [-0.15, -0.1) is 0 Å². The van der Waals surface area contributed by atoms with E-state index in [4.69, 9.17) is 16.2 Å². The van der Waals surface area contributed by atoms with Crippen LogP contribution in [0.2, 0.25) is 0 Å². The van der Waals surface area contributed by atoms with Crippen molar-refractivity contribution >= 4 is 12.1 Å². The lowest BCUT2D eigenvalue weighted by atomic mass is 9.83. The van der Waals surface area contributed by atoms with Gasteiger partial charge >= 0.3 is 12.1 Å². The van der Waals surface area contributed by atoms with E-state index in [-0.39, 0.29) is 6.04 Å². The normalized spacial score (nSPS) is 24.9. The monoisotopic (exact) mass is 286 g/mol. The van der Waals surface area contributed by atoms with Gasteiger partial charge in [0.1, 0.15) is 11.6 Å². The number of esters is 1. The lowest BCUT2D eigenvalue weighted by Crippen LogP contribution is -2.38. The summed E-state index contributed by atoms with van der Waals surface area (Å²) in [4.78, 5) is 23.1. The third-order valence-electron chi connectivity index (χ3n) is 3.35. The van der Waals surface area contributed by atoms with Crippen molar-refractivity contribution in [1.82, 2.24) is 0 Å². The lowest BCUT2D eigenvalue weighted by molar-refractivity contribution is -0.143. The van der Waals surface area contributed by atoms with Crippen molar-refractivity contribution in [3.8, 4) is 0 Å². The zero-order chi connectivity index (χ0) is 15.3. The third kappa shape index (κ3) is 6.34. The summed E-state index contributed by atoms with van der Waals surface area (Å²) in [5.41, 5.74) is 10.9. The smallest absolute Gasteiger partial charge is 0.428 e. The van der Waals surface area contributed by atoms with Crippen LogP contribution in [-0.2, 0) is 14.3 Å². The summed E-state index contributed by atoms with van der Waals surface area (Å²) in [7, 11) is 0. The highest BCUT2D eigenvalue weighted by molar-refractivity contribution is 5.85. The molecule has 0 bridgehead atoms. The van der Waals surface area contributed by atoms with Crippen molar-refractivity contribution in [3.05, 3.63) is 0 Å². The Kier molecular flexibility index (Phi) is 5.95. The largest absolute Gasteiger partial charge is 0.516 e. The van der Waals surface area contributed by atoms with Crippen LogP contribution in [0.5, 0.6) is 0 Å². The molecule has 1 aliphatic carbocycles. The van der Waals surface area contributed by atoms with Crippen molar-refractivity contribution < 1.29 is 19.1 Å². The van der Waals surface area contributed by atoms with Gasteiger partial charge in [0, 0.05) is 6.04 Å². The minimum Gasteiger partial charge on any atom is -0.428 e. The van der Waals surface area contributed by atoms with Crippen LogP contribution in [0.4, 0.5) is 4.79 Å². The Morgan fingerprint density at radius 1 is 1.20 bits per heavy atom. The summed E-state index contributed by atoms with van der Waals surface area (Å²) in [6.07, 6.45) is 3.37. The molecule has 1 saturated carbocycles. The predicted molar refractivity (Wildman–Crippen MR) is 74.9 cm³/mol. The molecule has 1 atom stereocenters. The number of hydrogen-bond acceptors (Lipinski definition) is 6. The van der Waals surface area contributed by atoms with Crippen molar-refractivity contribution in [2.75, 3.05) is 0 Å². The number of rotatable bonds is 3. The van der Waals surface area contributed by atoms with Gasteiger partial charge in [0.2, 0.25) is 0 Å². The van der Waals surface area contributed by atoms with Crippen LogP contribution in [0.3, 0.4) is 0 Å². The lowest BCUT2D eigenvalue weighted by Gasteiger charge is -2.27. The number of hydrogen-bond donors (Lipinski definition) is 2. The minimum absolute atomic E-state index is 0.260. The van der Waals surface area contributed by atoms with Crippen molar-refractivity contribution in [2.45, 2.75) is 70.6 Å². The van der Waals surface area contributed by atoms with Crippen molar-refractivity contribution in [2.24, 2.45) is 17.4 Å². The molecule has 6 nitrogen and oxygen atoms in total. The van der Waals surface area contributed by atoms with Gasteiger partial charge in [-0.1, -0.05) is 0 Å². The van der Waals surface area contributed by atoms with Crippen LogP contribution < -0.4 is 11.5 Å². The fourth-order valence-corrected chi connectivity index (χ4v) is 2.31. The van der Waals surface area contributed by atoms with Gasteiger partial charge in [-0.2, -0.15) is 0 Å². The van der Waals surface area contributed by atoms with Crippen LogP contribution in [0, 0.1) is 5.92 Å². The van der Waals surface area contributed by atoms with Gasteiger partial charge in [0.05, 0.1) is 0 Å². The number of carbonyl (C=O) groups is 2. The summed E-state index contributed by atoms with van der Waals surface area (Å²) in [6.45, 7) is 5.10. The highest BCUT2D eigenvalue weighted by Gasteiger charge is 2.27. The molecule has 4 N–H and O–H groups in total. The van der Waals surface area contributed by atoms with E-state index in [1.54, 1.807) is 20.8 Å². The summed E-state index contributed by atoms with van der Waals surface area (Å²) in [6, 6.07) is -0.530. The highest BCUT2D eigenvalue weighted by atomic mass is 16.7. The Balaban J connectivity index is 2.34. The Hall–Kier alpha value is -1.14. The maximum absolute atomic E-state index is 11.7. The van der Waals surface area contributed by atoms with E-state index < -0.39 is 23.8 Å². The average Bonchev–Trinajstić information content (AvgIpc) is 2.29. The molecule has 1 aliphatic rings. The van der Waals surface area contributed by atoms with E-state index >= 15 is 0 Å². The first kappa shape index (κ1) is 16.9. The molecule has 6 heteroatoms. The van der Waals surface area contributed by atoms with Crippen LogP contribution in [-0.4, -0.2) is 29.8 Å². The van der Waals surface area contributed by atoms with E-state index in [1.807, 2.05) is 0 Å². The second-order valence-corrected chi connectivity index (χ2v) is 6.51. The number of nitrogens with two attached hydrogens (primary N) is 2. The molecule has 0 amide bonds. The summed E-state index contributed by atoms with van der Waals surface area (Å²) in [5, 5.41) is 0. The van der Waals surface area contributed by atoms with Crippen molar-refractivity contribution in [3.63, 3.8) is 0 Å². The second kappa shape index (κ2) is 7.04. The first-order valence-electron chi connectivity index (χ1n) is 7.13. The molecule has 0 aromatic carbocycles. The zero-order valence-corrected chi connectivity index (χ0v) is 12.6. The summed E-state index contributed by atoms with van der Waals surface area (Å²) < 4.78 is 9.51. The number of carbonyl (C=O) groups excluding carboxylic acids is 2. The number of ether oxygens (including phenoxy) is 2. The molecular formula is C14H26N2O4. The van der Waals surface area contributed by atoms with Crippen LogP contribution >= 0.6 is 0 Å². The van der Waals surface area contributed by atoms with Crippen LogP contribution in [0.25, 0.3) is 0 Å². The standard InChI is InChI=1S/C14H26N2O4/c1-14(2,3)20-13(18)19-12(17)11(16)8-9-4-6-10(15)7-5-9/h9-11H,4-8,15-16H2,1-3H3/t9-,10-,11-/m0/s1. The topological polar surface area (TPSA) is 105 Å². The maximum atomic E-state index is 11.7. The molecule has 0 spiro atoms. The molecule has 0 aromatic heterocycles. The van der Waals surface area contributed by atoms with Gasteiger partial charge < -0.3 is 20.9 Å². The van der Waals surface area contributed by atoms with E-state index in [0.717, 1.165) is 25.7 Å². The van der Waals surface area contributed by atoms with Crippen molar-refractivity contribution in [1.29, 1.82) is 0 Å². The molecule has 1 rings (SSSR count). The molecule has 0 saturated heterocycles. The fourth-order valence-electron chi connectivity index (χ4n) is 2.31. The molecular weight excluding hydrogens is 260 g/mol. The summed E-state index contributed by atoms with van der Waals surface area (Å²) in [5.74, 6) is -0.356. The molecule has 20 heavy (non-hydrogen) atoms. The molecule has 0 radical (unpaired) electrons. The Morgan fingerprint density at radius 3 is 2.25 bits per heavy atom. The Labute approximate surface area is 120 Å². The summed E-state index contributed by atoms with van der Waals surface area (Å²) >= 11 is 0. The zero-order valence-electron chi connectivity index (χ0n) is 12.6. The SMILES string of the molecule is CC(C)(C)OC(=O)OC(=O)[C@@H](N)C[C@H]1CC[C@H](N)CC1. The maximum Gasteiger partial charge on any atom is 0.516 e. The Morgan fingerprint density at radius 2 is 1.75 bits per heavy atom. The highest BCUT2D eigenvalue weighted by Crippen LogP contribution is 2.26. The van der Waals surface area contributed by atoms with Gasteiger partial charge in [-0.05, 0) is 58.8 Å². The first-order valence-corrected chi connectivity index (χ1v) is 7.13. The van der Waals surface area contributed by atoms with E-state index in [0.29, 0.717) is 12.3 Å². The average molecular weight is 286 g/mol. The third-order valence-corrected chi connectivity index (χ3v) is 3.35. The minimum atomic E-state index is -0.997. The van der Waals surface area contributed by atoms with Gasteiger partial charge in [0.15, 0.2) is 0 Å². The first-order chi connectivity index (χ1) is 9.17. The van der Waals surface area contributed by atoms with Crippen LogP contribution in [0.1, 0.15) is 52.9 Å². The molecule has 0 unspecified atom stereocenters. The molecule has 1 fully saturated rings.